The molecule has 0 heterocycles. The van der Waals surface area contributed by atoms with E-state index in [-0.39, 0.29) is 5.54 Å². The first-order valence-electron chi connectivity index (χ1n) is 8.10. The highest BCUT2D eigenvalue weighted by Gasteiger charge is 2.38. The van der Waals surface area contributed by atoms with Gasteiger partial charge in [-0.25, -0.2) is 0 Å². The summed E-state index contributed by atoms with van der Waals surface area (Å²) in [5, 5.41) is 3.76. The SMILES string of the molecule is CCCNC(c1ccc(OC)cc1)C(CC)(CC)N(C)C. The van der Waals surface area contributed by atoms with E-state index >= 15 is 0 Å². The summed E-state index contributed by atoms with van der Waals surface area (Å²) in [5.74, 6) is 0.913. The van der Waals surface area contributed by atoms with Crippen molar-refractivity contribution in [1.29, 1.82) is 0 Å². The Morgan fingerprint density at radius 1 is 1.10 bits per heavy atom. The highest BCUT2D eigenvalue weighted by atomic mass is 16.5. The van der Waals surface area contributed by atoms with Crippen LogP contribution in [0.15, 0.2) is 24.3 Å². The molecule has 0 saturated carbocycles. The number of nitrogens with one attached hydrogen (secondary N) is 1. The minimum absolute atomic E-state index is 0.129. The van der Waals surface area contributed by atoms with Gasteiger partial charge in [-0.05, 0) is 57.6 Å². The molecule has 1 unspecified atom stereocenters. The van der Waals surface area contributed by atoms with Crippen LogP contribution in [0.5, 0.6) is 5.75 Å². The zero-order chi connectivity index (χ0) is 15.9. The van der Waals surface area contributed by atoms with Gasteiger partial charge in [0.2, 0.25) is 0 Å². The molecule has 0 aliphatic carbocycles. The van der Waals surface area contributed by atoms with Crippen molar-refractivity contribution in [3.8, 4) is 5.75 Å². The number of likely N-dealkylation sites (N-methyl/N-ethyl adjacent to an activating group) is 1. The van der Waals surface area contributed by atoms with Crippen LogP contribution in [-0.4, -0.2) is 38.2 Å². The van der Waals surface area contributed by atoms with Gasteiger partial charge in [-0.1, -0.05) is 32.9 Å². The Labute approximate surface area is 130 Å². The lowest BCUT2D eigenvalue weighted by Crippen LogP contribution is -2.53. The van der Waals surface area contributed by atoms with Gasteiger partial charge in [0, 0.05) is 5.54 Å². The molecule has 0 aliphatic rings. The number of ether oxygens (including phenoxy) is 1. The molecule has 0 aliphatic heterocycles. The Bertz CT molecular complexity index is 396. The summed E-state index contributed by atoms with van der Waals surface area (Å²) in [7, 11) is 6.10. The zero-order valence-corrected chi connectivity index (χ0v) is 14.6. The smallest absolute Gasteiger partial charge is 0.118 e. The van der Waals surface area contributed by atoms with Gasteiger partial charge in [-0.15, -0.1) is 0 Å². The molecule has 1 atom stereocenters. The topological polar surface area (TPSA) is 24.5 Å². The van der Waals surface area contributed by atoms with Crippen LogP contribution >= 0.6 is 0 Å². The fourth-order valence-electron chi connectivity index (χ4n) is 3.25. The fourth-order valence-corrected chi connectivity index (χ4v) is 3.25. The van der Waals surface area contributed by atoms with Crippen LogP contribution in [-0.2, 0) is 0 Å². The van der Waals surface area contributed by atoms with E-state index in [0.717, 1.165) is 31.6 Å². The first kappa shape index (κ1) is 18.0. The fraction of sp³-hybridized carbons (Fsp3) is 0.667. The molecule has 0 bridgehead atoms. The van der Waals surface area contributed by atoms with Crippen molar-refractivity contribution in [1.82, 2.24) is 10.2 Å². The quantitative estimate of drug-likeness (QED) is 0.748. The molecule has 1 aromatic rings. The van der Waals surface area contributed by atoms with Crippen molar-refractivity contribution < 1.29 is 4.74 Å². The third kappa shape index (κ3) is 3.98. The third-order valence-corrected chi connectivity index (χ3v) is 4.70. The van der Waals surface area contributed by atoms with Gasteiger partial charge in [-0.3, -0.25) is 0 Å². The largest absolute Gasteiger partial charge is 0.497 e. The molecule has 0 fully saturated rings. The summed E-state index contributed by atoms with van der Waals surface area (Å²) >= 11 is 0. The van der Waals surface area contributed by atoms with Gasteiger partial charge in [0.1, 0.15) is 5.75 Å². The molecule has 0 amide bonds. The Morgan fingerprint density at radius 3 is 2.05 bits per heavy atom. The predicted molar refractivity (Wildman–Crippen MR) is 91.0 cm³/mol. The standard InChI is InChI=1S/C18H32N2O/c1-7-14-19-17(18(8-2,9-3)20(4)5)15-10-12-16(21-6)13-11-15/h10-13,17,19H,7-9,14H2,1-6H3. The summed E-state index contributed by atoms with van der Waals surface area (Å²) in [6, 6.07) is 8.82. The summed E-state index contributed by atoms with van der Waals surface area (Å²) in [6.07, 6.45) is 3.37. The van der Waals surface area contributed by atoms with Gasteiger partial charge < -0.3 is 15.0 Å². The van der Waals surface area contributed by atoms with Crippen molar-refractivity contribution in [2.75, 3.05) is 27.7 Å². The summed E-state index contributed by atoms with van der Waals surface area (Å²) in [6.45, 7) is 7.82. The average Bonchev–Trinajstić information content (AvgIpc) is 2.51. The molecule has 0 radical (unpaired) electrons. The van der Waals surface area contributed by atoms with E-state index in [2.05, 4.69) is 69.3 Å². The second-order valence-electron chi connectivity index (χ2n) is 5.87. The molecule has 0 saturated heterocycles. The lowest BCUT2D eigenvalue weighted by atomic mass is 9.79. The zero-order valence-electron chi connectivity index (χ0n) is 14.6. The molecular weight excluding hydrogens is 260 g/mol. The van der Waals surface area contributed by atoms with E-state index in [1.54, 1.807) is 7.11 Å². The summed E-state index contributed by atoms with van der Waals surface area (Å²) < 4.78 is 5.28. The Kier molecular flexibility index (Phi) is 7.20. The van der Waals surface area contributed by atoms with Crippen LogP contribution in [0.2, 0.25) is 0 Å². The highest BCUT2D eigenvalue weighted by molar-refractivity contribution is 5.31. The van der Waals surface area contributed by atoms with Crippen molar-refractivity contribution in [3.63, 3.8) is 0 Å². The van der Waals surface area contributed by atoms with E-state index in [0.29, 0.717) is 6.04 Å². The lowest BCUT2D eigenvalue weighted by Gasteiger charge is -2.46. The maximum absolute atomic E-state index is 5.28. The molecule has 1 aromatic carbocycles. The van der Waals surface area contributed by atoms with Crippen molar-refractivity contribution in [3.05, 3.63) is 29.8 Å². The molecule has 3 heteroatoms. The second kappa shape index (κ2) is 8.40. The number of benzene rings is 1. The minimum atomic E-state index is 0.129. The average molecular weight is 292 g/mol. The van der Waals surface area contributed by atoms with Gasteiger partial charge in [0.05, 0.1) is 13.2 Å². The molecule has 3 nitrogen and oxygen atoms in total. The number of hydrogen-bond acceptors (Lipinski definition) is 3. The molecule has 120 valence electrons. The summed E-state index contributed by atoms with van der Waals surface area (Å²) in [5.41, 5.74) is 1.46. The first-order chi connectivity index (χ1) is 10.1. The van der Waals surface area contributed by atoms with Crippen LogP contribution in [0.3, 0.4) is 0 Å². The maximum atomic E-state index is 5.28. The molecule has 1 N–H and O–H groups in total. The van der Waals surface area contributed by atoms with Gasteiger partial charge in [-0.2, -0.15) is 0 Å². The van der Waals surface area contributed by atoms with Crippen LogP contribution in [0, 0.1) is 0 Å². The van der Waals surface area contributed by atoms with Gasteiger partial charge in [0.15, 0.2) is 0 Å². The van der Waals surface area contributed by atoms with E-state index in [4.69, 9.17) is 4.74 Å². The second-order valence-corrected chi connectivity index (χ2v) is 5.87. The minimum Gasteiger partial charge on any atom is -0.497 e. The predicted octanol–water partition coefficient (Wildman–Crippen LogP) is 3.86. The van der Waals surface area contributed by atoms with Crippen molar-refractivity contribution in [2.45, 2.75) is 51.6 Å². The lowest BCUT2D eigenvalue weighted by molar-refractivity contribution is 0.0881. The Balaban J connectivity index is 3.18. The maximum Gasteiger partial charge on any atom is 0.118 e. The monoisotopic (exact) mass is 292 g/mol. The van der Waals surface area contributed by atoms with Crippen molar-refractivity contribution >= 4 is 0 Å². The summed E-state index contributed by atoms with van der Waals surface area (Å²) in [4.78, 5) is 2.38. The van der Waals surface area contributed by atoms with E-state index in [1.165, 1.54) is 5.56 Å². The molecular formula is C18H32N2O. The number of methoxy groups -OCH3 is 1. The molecule has 0 spiro atoms. The highest BCUT2D eigenvalue weighted by Crippen LogP contribution is 2.36. The number of rotatable bonds is 9. The van der Waals surface area contributed by atoms with Gasteiger partial charge >= 0.3 is 0 Å². The van der Waals surface area contributed by atoms with Crippen LogP contribution in [0.1, 0.15) is 51.6 Å². The Morgan fingerprint density at radius 2 is 1.67 bits per heavy atom. The first-order valence-corrected chi connectivity index (χ1v) is 8.10. The van der Waals surface area contributed by atoms with Crippen LogP contribution in [0.25, 0.3) is 0 Å². The van der Waals surface area contributed by atoms with E-state index < -0.39 is 0 Å². The number of hydrogen-bond donors (Lipinski definition) is 1. The normalized spacial score (nSPS) is 13.5. The van der Waals surface area contributed by atoms with Crippen molar-refractivity contribution in [2.24, 2.45) is 0 Å². The Hall–Kier alpha value is -1.06. The number of nitrogens with zero attached hydrogens (tertiary/aromatic N) is 1. The third-order valence-electron chi connectivity index (χ3n) is 4.70. The van der Waals surface area contributed by atoms with Gasteiger partial charge in [0.25, 0.3) is 0 Å². The molecule has 0 aromatic heterocycles. The molecule has 1 rings (SSSR count). The molecule has 21 heavy (non-hydrogen) atoms. The van der Waals surface area contributed by atoms with E-state index in [9.17, 15) is 0 Å². The van der Waals surface area contributed by atoms with Crippen LogP contribution < -0.4 is 10.1 Å². The van der Waals surface area contributed by atoms with Crippen LogP contribution in [0.4, 0.5) is 0 Å². The van der Waals surface area contributed by atoms with E-state index in [1.807, 2.05) is 0 Å².